The third kappa shape index (κ3) is 2.71. The van der Waals surface area contributed by atoms with E-state index < -0.39 is 17.6 Å². The summed E-state index contributed by atoms with van der Waals surface area (Å²) in [4.78, 5) is 11.3. The van der Waals surface area contributed by atoms with Crippen molar-refractivity contribution in [3.63, 3.8) is 0 Å². The van der Waals surface area contributed by atoms with Crippen LogP contribution in [-0.2, 0) is 4.79 Å². The van der Waals surface area contributed by atoms with Crippen LogP contribution in [0.3, 0.4) is 0 Å². The molecular weight excluding hydrogens is 180 g/mol. The summed E-state index contributed by atoms with van der Waals surface area (Å²) in [5, 5.41) is 20.6. The molecule has 0 saturated carbocycles. The van der Waals surface area contributed by atoms with Gasteiger partial charge in [0.2, 0.25) is 5.91 Å². The lowest BCUT2D eigenvalue weighted by atomic mass is 9.76. The molecular formula is C10H18N2O2. The lowest BCUT2D eigenvalue weighted by molar-refractivity contribution is -0.130. The Kier molecular flexibility index (Phi) is 3.66. The van der Waals surface area contributed by atoms with Crippen LogP contribution in [-0.4, -0.2) is 22.7 Å². The molecule has 1 amide bonds. The van der Waals surface area contributed by atoms with Gasteiger partial charge in [-0.1, -0.05) is 20.8 Å². The smallest absolute Gasteiger partial charge is 0.249 e. The predicted octanol–water partition coefficient (Wildman–Crippen LogP) is 0.812. The number of nitrogens with zero attached hydrogens (tertiary/aromatic N) is 1. The minimum atomic E-state index is -1.09. The molecule has 2 unspecified atom stereocenters. The van der Waals surface area contributed by atoms with Crippen molar-refractivity contribution in [1.29, 1.82) is 5.26 Å². The number of nitriles is 1. The molecule has 2 atom stereocenters. The number of hydrogen-bond acceptors (Lipinski definition) is 3. The first-order chi connectivity index (χ1) is 6.14. The minimum Gasteiger partial charge on any atom is -0.384 e. The highest BCUT2D eigenvalue weighted by molar-refractivity contribution is 5.81. The van der Waals surface area contributed by atoms with Crippen molar-refractivity contribution in [3.8, 4) is 6.07 Å². The van der Waals surface area contributed by atoms with Crippen molar-refractivity contribution in [1.82, 2.24) is 5.32 Å². The predicted molar refractivity (Wildman–Crippen MR) is 53.3 cm³/mol. The summed E-state index contributed by atoms with van der Waals surface area (Å²) in [6, 6.07) is 2.06. The molecule has 0 aromatic heterocycles. The van der Waals surface area contributed by atoms with Gasteiger partial charge in [0.1, 0.15) is 11.6 Å². The van der Waals surface area contributed by atoms with Gasteiger partial charge >= 0.3 is 0 Å². The number of carbonyl (C=O) groups excluding carboxylic acids is 1. The van der Waals surface area contributed by atoms with E-state index in [1.54, 1.807) is 6.92 Å². The van der Waals surface area contributed by atoms with Gasteiger partial charge in [0.05, 0.1) is 6.07 Å². The van der Waals surface area contributed by atoms with E-state index in [4.69, 9.17) is 10.4 Å². The van der Waals surface area contributed by atoms with Gasteiger partial charge in [0, 0.05) is 0 Å². The number of aliphatic hydroxyl groups is 1. The van der Waals surface area contributed by atoms with Crippen molar-refractivity contribution in [2.45, 2.75) is 46.3 Å². The third-order valence-corrected chi connectivity index (χ3v) is 2.48. The highest BCUT2D eigenvalue weighted by Gasteiger charge is 2.39. The summed E-state index contributed by atoms with van der Waals surface area (Å²) in [7, 11) is 0. The normalized spacial score (nSPS) is 17.8. The molecule has 0 spiro atoms. The minimum absolute atomic E-state index is 0.383. The first-order valence-corrected chi connectivity index (χ1v) is 4.55. The van der Waals surface area contributed by atoms with E-state index in [1.807, 2.05) is 20.8 Å². The quantitative estimate of drug-likeness (QED) is 0.689. The van der Waals surface area contributed by atoms with Gasteiger partial charge < -0.3 is 10.4 Å². The van der Waals surface area contributed by atoms with Gasteiger partial charge in [-0.2, -0.15) is 5.26 Å². The molecule has 0 aliphatic carbocycles. The Morgan fingerprint density at radius 2 is 1.86 bits per heavy atom. The summed E-state index contributed by atoms with van der Waals surface area (Å²) in [5.41, 5.74) is -1.35. The Bertz CT molecular complexity index is 260. The molecule has 0 bridgehead atoms. The number of hydrogen-bond donors (Lipinski definition) is 2. The van der Waals surface area contributed by atoms with E-state index in [0.717, 1.165) is 0 Å². The largest absolute Gasteiger partial charge is 0.384 e. The standard InChI is InChI=1S/C10H18N2O2/c1-7(13)8(14)12-10(5,6-11)9(2,3)4/h7,13H,1-5H3,(H,12,14). The molecule has 4 heteroatoms. The molecule has 0 radical (unpaired) electrons. The maximum Gasteiger partial charge on any atom is 0.249 e. The highest BCUT2D eigenvalue weighted by atomic mass is 16.3. The number of amides is 1. The van der Waals surface area contributed by atoms with Crippen LogP contribution in [0.1, 0.15) is 34.6 Å². The molecule has 14 heavy (non-hydrogen) atoms. The molecule has 0 aliphatic rings. The topological polar surface area (TPSA) is 73.1 Å². The zero-order chi connectivity index (χ0) is 11.6. The number of rotatable bonds is 2. The van der Waals surface area contributed by atoms with Crippen LogP contribution in [0, 0.1) is 16.7 Å². The van der Waals surface area contributed by atoms with Crippen molar-refractivity contribution in [3.05, 3.63) is 0 Å². The Morgan fingerprint density at radius 3 is 2.07 bits per heavy atom. The van der Waals surface area contributed by atoms with E-state index in [0.29, 0.717) is 0 Å². The molecule has 0 aromatic carbocycles. The molecule has 80 valence electrons. The van der Waals surface area contributed by atoms with Crippen LogP contribution in [0.2, 0.25) is 0 Å². The fourth-order valence-electron chi connectivity index (χ4n) is 0.734. The molecule has 0 saturated heterocycles. The highest BCUT2D eigenvalue weighted by Crippen LogP contribution is 2.29. The van der Waals surface area contributed by atoms with E-state index in [1.165, 1.54) is 6.92 Å². The Labute approximate surface area is 84.9 Å². The summed E-state index contributed by atoms with van der Waals surface area (Å²) >= 11 is 0. The van der Waals surface area contributed by atoms with Gasteiger partial charge in [-0.15, -0.1) is 0 Å². The van der Waals surface area contributed by atoms with Crippen molar-refractivity contribution >= 4 is 5.91 Å². The monoisotopic (exact) mass is 198 g/mol. The fourth-order valence-corrected chi connectivity index (χ4v) is 0.734. The summed E-state index contributed by atoms with van der Waals surface area (Å²) in [6.45, 7) is 8.60. The molecule has 4 nitrogen and oxygen atoms in total. The maximum absolute atomic E-state index is 11.3. The zero-order valence-electron chi connectivity index (χ0n) is 9.38. The average molecular weight is 198 g/mol. The number of aliphatic hydroxyl groups excluding tert-OH is 1. The van der Waals surface area contributed by atoms with Crippen LogP contribution >= 0.6 is 0 Å². The van der Waals surface area contributed by atoms with Crippen molar-refractivity contribution < 1.29 is 9.90 Å². The molecule has 0 aliphatic heterocycles. The molecule has 0 rings (SSSR count). The van der Waals surface area contributed by atoms with Crippen LogP contribution < -0.4 is 5.32 Å². The van der Waals surface area contributed by atoms with Gasteiger partial charge in [-0.3, -0.25) is 4.79 Å². The van der Waals surface area contributed by atoms with E-state index in [-0.39, 0.29) is 5.41 Å². The first-order valence-electron chi connectivity index (χ1n) is 4.55. The van der Waals surface area contributed by atoms with Crippen molar-refractivity contribution in [2.24, 2.45) is 5.41 Å². The van der Waals surface area contributed by atoms with Crippen LogP contribution in [0.25, 0.3) is 0 Å². The number of nitrogens with one attached hydrogen (secondary N) is 1. The summed E-state index contributed by atoms with van der Waals surface area (Å²) < 4.78 is 0. The first kappa shape index (κ1) is 12.9. The second-order valence-corrected chi connectivity index (χ2v) is 4.65. The maximum atomic E-state index is 11.3. The number of carbonyl (C=O) groups is 1. The second kappa shape index (κ2) is 3.97. The SMILES string of the molecule is CC(O)C(=O)NC(C)(C#N)C(C)(C)C. The average Bonchev–Trinajstić information content (AvgIpc) is 2.01. The fraction of sp³-hybridized carbons (Fsp3) is 0.800. The molecule has 0 aromatic rings. The Morgan fingerprint density at radius 1 is 1.43 bits per heavy atom. The van der Waals surface area contributed by atoms with E-state index >= 15 is 0 Å². The molecule has 0 heterocycles. The third-order valence-electron chi connectivity index (χ3n) is 2.48. The van der Waals surface area contributed by atoms with E-state index in [2.05, 4.69) is 11.4 Å². The second-order valence-electron chi connectivity index (χ2n) is 4.65. The Balaban J connectivity index is 4.77. The van der Waals surface area contributed by atoms with Crippen LogP contribution in [0.15, 0.2) is 0 Å². The molecule has 2 N–H and O–H groups in total. The van der Waals surface area contributed by atoms with Gasteiger partial charge in [0.25, 0.3) is 0 Å². The zero-order valence-corrected chi connectivity index (χ0v) is 9.38. The van der Waals surface area contributed by atoms with E-state index in [9.17, 15) is 4.79 Å². The summed E-state index contributed by atoms with van der Waals surface area (Å²) in [5.74, 6) is -0.524. The van der Waals surface area contributed by atoms with Crippen LogP contribution in [0.5, 0.6) is 0 Å². The lowest BCUT2D eigenvalue weighted by Gasteiger charge is -2.36. The summed E-state index contributed by atoms with van der Waals surface area (Å²) in [6.07, 6.45) is -1.09. The van der Waals surface area contributed by atoms with Crippen molar-refractivity contribution in [2.75, 3.05) is 0 Å². The Hall–Kier alpha value is -1.08. The lowest BCUT2D eigenvalue weighted by Crippen LogP contribution is -2.55. The molecule has 0 fully saturated rings. The van der Waals surface area contributed by atoms with Gasteiger partial charge in [-0.05, 0) is 19.3 Å². The van der Waals surface area contributed by atoms with Gasteiger partial charge in [0.15, 0.2) is 0 Å². The van der Waals surface area contributed by atoms with Gasteiger partial charge in [-0.25, -0.2) is 0 Å². The van der Waals surface area contributed by atoms with Crippen LogP contribution in [0.4, 0.5) is 0 Å².